The van der Waals surface area contributed by atoms with Crippen LogP contribution in [-0.4, -0.2) is 16.2 Å². The van der Waals surface area contributed by atoms with Crippen molar-refractivity contribution >= 4 is 40.1 Å². The largest absolute Gasteiger partial charge is 0.507 e. The lowest BCUT2D eigenvalue weighted by Crippen LogP contribution is -1.90. The number of aliphatic imine (C=N–C) groups is 1. The Kier molecular flexibility index (Phi) is 4.64. The number of hydrogen-bond donors (Lipinski definition) is 1. The van der Waals surface area contributed by atoms with E-state index in [0.717, 1.165) is 22.5 Å². The number of nitrogens with zero attached hydrogens (tertiary/aromatic N) is 3. The molecule has 3 rings (SSSR count). The first-order valence-corrected chi connectivity index (χ1v) is 8.01. The van der Waals surface area contributed by atoms with Crippen LogP contribution in [0.5, 0.6) is 5.75 Å². The Balaban J connectivity index is 2.13. The van der Waals surface area contributed by atoms with Crippen LogP contribution in [0.2, 0.25) is 0 Å². The third kappa shape index (κ3) is 3.44. The van der Waals surface area contributed by atoms with Gasteiger partial charge in [0.25, 0.3) is 5.69 Å². The lowest BCUT2D eigenvalue weighted by atomic mass is 10.1. The first-order chi connectivity index (χ1) is 12.1. The Labute approximate surface area is 147 Å². The van der Waals surface area contributed by atoms with Gasteiger partial charge < -0.3 is 5.11 Å². The van der Waals surface area contributed by atoms with Crippen molar-refractivity contribution in [1.29, 1.82) is 5.26 Å². The summed E-state index contributed by atoms with van der Waals surface area (Å²) in [4.78, 5) is 15.4. The molecule has 0 aromatic heterocycles. The fourth-order valence-electron chi connectivity index (χ4n) is 2.39. The minimum absolute atomic E-state index is 0.107. The van der Waals surface area contributed by atoms with Crippen molar-refractivity contribution in [2.75, 3.05) is 0 Å². The van der Waals surface area contributed by atoms with E-state index >= 15 is 0 Å². The molecule has 3 aromatic carbocycles. The average molecular weight is 349 g/mol. The quantitative estimate of drug-likeness (QED) is 0.240. The highest BCUT2D eigenvalue weighted by Crippen LogP contribution is 2.36. The summed E-state index contributed by atoms with van der Waals surface area (Å²) in [5, 5.41) is 33.6. The SMILES string of the molecule is N#CSc1ccc2ccccc2c1N=Cc1cc([N+](=O)[O-])ccc1O. The highest BCUT2D eigenvalue weighted by Gasteiger charge is 2.10. The Morgan fingerprint density at radius 2 is 2.00 bits per heavy atom. The van der Waals surface area contributed by atoms with Crippen LogP contribution in [-0.2, 0) is 0 Å². The van der Waals surface area contributed by atoms with Gasteiger partial charge >= 0.3 is 0 Å². The zero-order valence-corrected chi connectivity index (χ0v) is 13.6. The molecule has 0 radical (unpaired) electrons. The summed E-state index contributed by atoms with van der Waals surface area (Å²) in [5.74, 6) is -0.107. The van der Waals surface area contributed by atoms with E-state index in [9.17, 15) is 15.2 Å². The number of phenols is 1. The predicted octanol–water partition coefficient (Wildman–Crippen LogP) is 4.78. The van der Waals surface area contributed by atoms with Crippen LogP contribution in [0.25, 0.3) is 10.8 Å². The van der Waals surface area contributed by atoms with E-state index in [2.05, 4.69) is 4.99 Å². The summed E-state index contributed by atoms with van der Waals surface area (Å²) >= 11 is 0.985. The van der Waals surface area contributed by atoms with E-state index in [4.69, 9.17) is 5.26 Å². The molecule has 0 aliphatic heterocycles. The summed E-state index contributed by atoms with van der Waals surface area (Å²) in [5.41, 5.74) is 0.675. The predicted molar refractivity (Wildman–Crippen MR) is 97.4 cm³/mol. The van der Waals surface area contributed by atoms with Crippen molar-refractivity contribution in [3.8, 4) is 11.2 Å². The van der Waals surface area contributed by atoms with Crippen LogP contribution in [0.15, 0.2) is 64.5 Å². The number of nitro groups is 1. The topological polar surface area (TPSA) is 99.5 Å². The number of nitro benzene ring substituents is 1. The fraction of sp³-hybridized carbons (Fsp3) is 0. The standard InChI is InChI=1S/C18H11N3O3S/c19-11-25-17-8-5-12-3-1-2-4-15(12)18(17)20-10-13-9-14(21(23)24)6-7-16(13)22/h1-10,22H. The van der Waals surface area contributed by atoms with Crippen molar-refractivity contribution in [2.24, 2.45) is 4.99 Å². The molecule has 0 aliphatic carbocycles. The van der Waals surface area contributed by atoms with E-state index < -0.39 is 4.92 Å². The van der Waals surface area contributed by atoms with Crippen LogP contribution >= 0.6 is 11.8 Å². The molecule has 0 saturated heterocycles. The van der Waals surface area contributed by atoms with Gasteiger partial charge in [0, 0.05) is 34.2 Å². The van der Waals surface area contributed by atoms with Crippen molar-refractivity contribution in [2.45, 2.75) is 4.90 Å². The highest BCUT2D eigenvalue weighted by molar-refractivity contribution is 8.03. The van der Waals surface area contributed by atoms with Crippen LogP contribution in [0.1, 0.15) is 5.56 Å². The number of nitriles is 1. The maximum absolute atomic E-state index is 10.9. The smallest absolute Gasteiger partial charge is 0.270 e. The molecule has 25 heavy (non-hydrogen) atoms. The monoisotopic (exact) mass is 349 g/mol. The lowest BCUT2D eigenvalue weighted by molar-refractivity contribution is -0.384. The van der Waals surface area contributed by atoms with Crippen LogP contribution < -0.4 is 0 Å². The van der Waals surface area contributed by atoms with Gasteiger partial charge in [-0.15, -0.1) is 0 Å². The minimum Gasteiger partial charge on any atom is -0.507 e. The average Bonchev–Trinajstić information content (AvgIpc) is 2.62. The molecule has 0 spiro atoms. The molecule has 122 valence electrons. The van der Waals surface area contributed by atoms with Gasteiger partial charge in [0.05, 0.1) is 10.6 Å². The van der Waals surface area contributed by atoms with E-state index in [-0.39, 0.29) is 17.0 Å². The molecule has 0 aliphatic rings. The van der Waals surface area contributed by atoms with Crippen molar-refractivity contribution in [1.82, 2.24) is 0 Å². The molecule has 0 amide bonds. The maximum atomic E-state index is 10.9. The molecule has 0 unspecified atom stereocenters. The molecule has 0 heterocycles. The molecule has 0 atom stereocenters. The number of benzene rings is 3. The Hall–Kier alpha value is -3.37. The second kappa shape index (κ2) is 7.03. The number of thioether (sulfide) groups is 1. The van der Waals surface area contributed by atoms with E-state index in [0.29, 0.717) is 10.6 Å². The number of thiocyanates is 1. The second-order valence-corrected chi connectivity index (χ2v) is 5.91. The van der Waals surface area contributed by atoms with Crippen LogP contribution in [0, 0.1) is 20.8 Å². The van der Waals surface area contributed by atoms with Crippen molar-refractivity contribution in [3.63, 3.8) is 0 Å². The number of phenolic OH excluding ortho intramolecular Hbond substituents is 1. The lowest BCUT2D eigenvalue weighted by Gasteiger charge is -2.06. The molecule has 0 saturated carbocycles. The summed E-state index contributed by atoms with van der Waals surface area (Å²) < 4.78 is 0. The third-order valence-corrected chi connectivity index (χ3v) is 4.21. The second-order valence-electron chi connectivity index (χ2n) is 5.09. The maximum Gasteiger partial charge on any atom is 0.270 e. The minimum atomic E-state index is -0.536. The van der Waals surface area contributed by atoms with Gasteiger partial charge in [-0.25, -0.2) is 0 Å². The molecule has 0 bridgehead atoms. The molecule has 6 nitrogen and oxygen atoms in total. The molecular formula is C18H11N3O3S. The summed E-state index contributed by atoms with van der Waals surface area (Å²) in [6, 6.07) is 15.0. The number of hydrogen-bond acceptors (Lipinski definition) is 6. The first kappa shape index (κ1) is 16.5. The highest BCUT2D eigenvalue weighted by atomic mass is 32.2. The van der Waals surface area contributed by atoms with E-state index in [1.165, 1.54) is 24.4 Å². The Morgan fingerprint density at radius 3 is 2.76 bits per heavy atom. The zero-order valence-electron chi connectivity index (χ0n) is 12.8. The first-order valence-electron chi connectivity index (χ1n) is 7.19. The zero-order chi connectivity index (χ0) is 17.8. The van der Waals surface area contributed by atoms with Gasteiger partial charge in [-0.05, 0) is 29.3 Å². The number of aromatic hydroxyl groups is 1. The Morgan fingerprint density at radius 1 is 1.20 bits per heavy atom. The van der Waals surface area contributed by atoms with Gasteiger partial charge in [-0.2, -0.15) is 5.26 Å². The van der Waals surface area contributed by atoms with E-state index in [1.807, 2.05) is 35.7 Å². The van der Waals surface area contributed by atoms with Gasteiger partial charge in [0.2, 0.25) is 0 Å². The van der Waals surface area contributed by atoms with Crippen molar-refractivity contribution in [3.05, 3.63) is 70.3 Å². The van der Waals surface area contributed by atoms with Crippen LogP contribution in [0.3, 0.4) is 0 Å². The normalized spacial score (nSPS) is 10.8. The summed E-state index contributed by atoms with van der Waals surface area (Å²) in [6.45, 7) is 0. The number of fused-ring (bicyclic) bond motifs is 1. The van der Waals surface area contributed by atoms with Crippen molar-refractivity contribution < 1.29 is 10.0 Å². The van der Waals surface area contributed by atoms with Gasteiger partial charge in [-0.3, -0.25) is 15.1 Å². The molecule has 0 fully saturated rings. The van der Waals surface area contributed by atoms with Gasteiger partial charge in [-0.1, -0.05) is 30.3 Å². The van der Waals surface area contributed by atoms with E-state index in [1.54, 1.807) is 6.07 Å². The molecule has 3 aromatic rings. The number of rotatable bonds is 4. The van der Waals surface area contributed by atoms with Gasteiger partial charge in [0.15, 0.2) is 0 Å². The van der Waals surface area contributed by atoms with Crippen LogP contribution in [0.4, 0.5) is 11.4 Å². The summed E-state index contributed by atoms with van der Waals surface area (Å²) in [7, 11) is 0. The summed E-state index contributed by atoms with van der Waals surface area (Å²) in [6.07, 6.45) is 1.37. The Bertz CT molecular complexity index is 1040. The molecular weight excluding hydrogens is 338 g/mol. The number of non-ortho nitro benzene ring substituents is 1. The van der Waals surface area contributed by atoms with Gasteiger partial charge in [0.1, 0.15) is 11.2 Å². The fourth-order valence-corrected chi connectivity index (χ4v) is 2.89. The molecule has 7 heteroatoms. The molecule has 1 N–H and O–H groups in total. The third-order valence-electron chi connectivity index (χ3n) is 3.57.